The molecule has 2 heterocycles. The van der Waals surface area contributed by atoms with Crippen LogP contribution in [0.1, 0.15) is 32.7 Å². The normalized spacial score (nSPS) is 17.4. The molecule has 5 heteroatoms. The number of carbonyl (C=O) groups excluding carboxylic acids is 1. The van der Waals surface area contributed by atoms with Crippen LogP contribution in [-0.2, 0) is 4.79 Å². The number of nitrogens with one attached hydrogen (secondary N) is 2. The van der Waals surface area contributed by atoms with Gasteiger partial charge in [-0.15, -0.1) is 0 Å². The first-order chi connectivity index (χ1) is 8.18. The van der Waals surface area contributed by atoms with Gasteiger partial charge in [0.2, 0.25) is 5.91 Å². The summed E-state index contributed by atoms with van der Waals surface area (Å²) in [7, 11) is 0. The predicted molar refractivity (Wildman–Crippen MR) is 66.8 cm³/mol. The monoisotopic (exact) mass is 236 g/mol. The Bertz CT molecular complexity index is 380. The van der Waals surface area contributed by atoms with Crippen molar-refractivity contribution in [3.63, 3.8) is 0 Å². The fourth-order valence-electron chi connectivity index (χ4n) is 2.14. The zero-order valence-electron chi connectivity index (χ0n) is 10.4. The Balaban J connectivity index is 1.99. The van der Waals surface area contributed by atoms with Crippen molar-refractivity contribution < 1.29 is 4.79 Å². The second-order valence-electron chi connectivity index (χ2n) is 4.77. The first-order valence-corrected chi connectivity index (χ1v) is 6.23. The summed E-state index contributed by atoms with van der Waals surface area (Å²) in [6.07, 6.45) is 3.56. The molecular formula is C12H20N4O. The lowest BCUT2D eigenvalue weighted by Crippen LogP contribution is -2.35. The summed E-state index contributed by atoms with van der Waals surface area (Å²) in [5.41, 5.74) is 0. The first-order valence-electron chi connectivity index (χ1n) is 6.23. The number of amides is 1. The number of piperidine rings is 1. The van der Waals surface area contributed by atoms with Crippen molar-refractivity contribution in [3.8, 4) is 0 Å². The van der Waals surface area contributed by atoms with E-state index in [1.54, 1.807) is 6.20 Å². The molecule has 1 aromatic rings. The van der Waals surface area contributed by atoms with E-state index in [-0.39, 0.29) is 17.9 Å². The molecule has 1 saturated heterocycles. The van der Waals surface area contributed by atoms with E-state index in [0.29, 0.717) is 0 Å². The summed E-state index contributed by atoms with van der Waals surface area (Å²) >= 11 is 0. The molecule has 0 radical (unpaired) electrons. The van der Waals surface area contributed by atoms with E-state index in [0.717, 1.165) is 31.7 Å². The number of hydrogen-bond acceptors (Lipinski definition) is 3. The molecular weight excluding hydrogens is 216 g/mol. The Morgan fingerprint density at radius 2 is 2.24 bits per heavy atom. The van der Waals surface area contributed by atoms with Gasteiger partial charge in [0.25, 0.3) is 0 Å². The van der Waals surface area contributed by atoms with Crippen LogP contribution in [0.2, 0.25) is 0 Å². The van der Waals surface area contributed by atoms with Crippen molar-refractivity contribution in [1.82, 2.24) is 15.1 Å². The summed E-state index contributed by atoms with van der Waals surface area (Å²) in [4.78, 5) is 12.1. The molecule has 1 fully saturated rings. The van der Waals surface area contributed by atoms with Crippen LogP contribution < -0.4 is 10.6 Å². The molecule has 0 spiro atoms. The van der Waals surface area contributed by atoms with Gasteiger partial charge in [-0.05, 0) is 39.8 Å². The lowest BCUT2D eigenvalue weighted by Gasteiger charge is -2.22. The third-order valence-electron chi connectivity index (χ3n) is 3.12. The van der Waals surface area contributed by atoms with Crippen LogP contribution in [0.4, 0.5) is 5.82 Å². The maximum atomic E-state index is 12.1. The quantitative estimate of drug-likeness (QED) is 0.834. The number of aromatic nitrogens is 2. The van der Waals surface area contributed by atoms with Crippen molar-refractivity contribution in [2.75, 3.05) is 18.4 Å². The molecule has 0 unspecified atom stereocenters. The molecule has 0 bridgehead atoms. The van der Waals surface area contributed by atoms with Crippen LogP contribution in [0.3, 0.4) is 0 Å². The van der Waals surface area contributed by atoms with Crippen LogP contribution in [0.15, 0.2) is 12.3 Å². The molecule has 0 aliphatic carbocycles. The maximum Gasteiger partial charge on any atom is 0.228 e. The van der Waals surface area contributed by atoms with Gasteiger partial charge in [0.05, 0.1) is 6.20 Å². The van der Waals surface area contributed by atoms with Gasteiger partial charge in [0.15, 0.2) is 0 Å². The molecule has 5 nitrogen and oxygen atoms in total. The highest BCUT2D eigenvalue weighted by Crippen LogP contribution is 2.17. The molecule has 1 aliphatic rings. The van der Waals surface area contributed by atoms with Crippen molar-refractivity contribution in [2.24, 2.45) is 5.92 Å². The number of hydrogen-bond donors (Lipinski definition) is 2. The van der Waals surface area contributed by atoms with E-state index in [1.807, 2.05) is 24.6 Å². The SMILES string of the molecule is CC(C)n1nccc1NC(=O)C1CCNCC1. The second-order valence-corrected chi connectivity index (χ2v) is 4.77. The highest BCUT2D eigenvalue weighted by Gasteiger charge is 2.21. The minimum atomic E-state index is 0.119. The Labute approximate surface area is 102 Å². The average Bonchev–Trinajstić information content (AvgIpc) is 2.78. The molecule has 1 aliphatic heterocycles. The summed E-state index contributed by atoms with van der Waals surface area (Å²) in [6.45, 7) is 5.96. The third-order valence-corrected chi connectivity index (χ3v) is 3.12. The zero-order chi connectivity index (χ0) is 12.3. The van der Waals surface area contributed by atoms with E-state index in [9.17, 15) is 4.79 Å². The van der Waals surface area contributed by atoms with Crippen LogP contribution >= 0.6 is 0 Å². The summed E-state index contributed by atoms with van der Waals surface area (Å²) in [6, 6.07) is 2.10. The first kappa shape index (κ1) is 12.1. The van der Waals surface area contributed by atoms with Crippen LogP contribution in [-0.4, -0.2) is 28.8 Å². The van der Waals surface area contributed by atoms with Gasteiger partial charge in [-0.2, -0.15) is 5.10 Å². The maximum absolute atomic E-state index is 12.1. The summed E-state index contributed by atoms with van der Waals surface area (Å²) in [5, 5.41) is 10.4. The summed E-state index contributed by atoms with van der Waals surface area (Å²) in [5.74, 6) is 1.05. The Kier molecular flexibility index (Phi) is 3.78. The minimum Gasteiger partial charge on any atom is -0.317 e. The molecule has 0 atom stereocenters. The number of carbonyl (C=O) groups is 1. The van der Waals surface area contributed by atoms with Crippen molar-refractivity contribution >= 4 is 11.7 Å². The van der Waals surface area contributed by atoms with Gasteiger partial charge in [-0.25, -0.2) is 4.68 Å². The molecule has 1 amide bonds. The van der Waals surface area contributed by atoms with Crippen LogP contribution in [0, 0.1) is 5.92 Å². The highest BCUT2D eigenvalue weighted by atomic mass is 16.2. The molecule has 2 rings (SSSR count). The lowest BCUT2D eigenvalue weighted by atomic mass is 9.97. The fourth-order valence-corrected chi connectivity index (χ4v) is 2.14. The number of rotatable bonds is 3. The van der Waals surface area contributed by atoms with Gasteiger partial charge >= 0.3 is 0 Å². The standard InChI is InChI=1S/C12H20N4O/c1-9(2)16-11(5-8-14-16)15-12(17)10-3-6-13-7-4-10/h5,8-10,13H,3-4,6-7H2,1-2H3,(H,15,17). The molecule has 0 aromatic carbocycles. The Morgan fingerprint density at radius 1 is 1.53 bits per heavy atom. The van der Waals surface area contributed by atoms with Gasteiger partial charge in [0, 0.05) is 18.0 Å². The molecule has 17 heavy (non-hydrogen) atoms. The van der Waals surface area contributed by atoms with Crippen molar-refractivity contribution in [1.29, 1.82) is 0 Å². The Hall–Kier alpha value is -1.36. The van der Waals surface area contributed by atoms with Crippen molar-refractivity contribution in [2.45, 2.75) is 32.7 Å². The topological polar surface area (TPSA) is 59.0 Å². The Morgan fingerprint density at radius 3 is 2.88 bits per heavy atom. The molecule has 2 N–H and O–H groups in total. The van der Waals surface area contributed by atoms with Gasteiger partial charge in [-0.3, -0.25) is 4.79 Å². The van der Waals surface area contributed by atoms with E-state index < -0.39 is 0 Å². The predicted octanol–water partition coefficient (Wildman–Crippen LogP) is 1.40. The fraction of sp³-hybridized carbons (Fsp3) is 0.667. The molecule has 0 saturated carbocycles. The van der Waals surface area contributed by atoms with Crippen molar-refractivity contribution in [3.05, 3.63) is 12.3 Å². The zero-order valence-corrected chi connectivity index (χ0v) is 10.4. The lowest BCUT2D eigenvalue weighted by molar-refractivity contribution is -0.120. The minimum absolute atomic E-state index is 0.119. The van der Waals surface area contributed by atoms with E-state index in [4.69, 9.17) is 0 Å². The number of nitrogens with zero attached hydrogens (tertiary/aromatic N) is 2. The van der Waals surface area contributed by atoms with Crippen LogP contribution in [0.5, 0.6) is 0 Å². The molecule has 1 aromatic heterocycles. The smallest absolute Gasteiger partial charge is 0.228 e. The third kappa shape index (κ3) is 2.85. The summed E-state index contributed by atoms with van der Waals surface area (Å²) < 4.78 is 1.83. The largest absolute Gasteiger partial charge is 0.317 e. The second kappa shape index (κ2) is 5.31. The average molecular weight is 236 g/mol. The van der Waals surface area contributed by atoms with E-state index in [1.165, 1.54) is 0 Å². The molecule has 94 valence electrons. The van der Waals surface area contributed by atoms with Gasteiger partial charge < -0.3 is 10.6 Å². The van der Waals surface area contributed by atoms with Crippen LogP contribution in [0.25, 0.3) is 0 Å². The van der Waals surface area contributed by atoms with E-state index in [2.05, 4.69) is 15.7 Å². The van der Waals surface area contributed by atoms with Gasteiger partial charge in [-0.1, -0.05) is 0 Å². The van der Waals surface area contributed by atoms with Gasteiger partial charge in [0.1, 0.15) is 5.82 Å². The highest BCUT2D eigenvalue weighted by molar-refractivity contribution is 5.91. The van der Waals surface area contributed by atoms with E-state index >= 15 is 0 Å². The number of anilines is 1.